The second-order valence-corrected chi connectivity index (χ2v) is 7.63. The summed E-state index contributed by atoms with van der Waals surface area (Å²) in [5.41, 5.74) is 4.26. The van der Waals surface area contributed by atoms with Gasteiger partial charge < -0.3 is 9.84 Å². The van der Waals surface area contributed by atoms with Gasteiger partial charge in [-0.15, -0.1) is 0 Å². The molecule has 0 fully saturated rings. The molecule has 0 bridgehead atoms. The summed E-state index contributed by atoms with van der Waals surface area (Å²) in [5, 5.41) is 13.0. The van der Waals surface area contributed by atoms with Crippen LogP contribution in [0.3, 0.4) is 0 Å². The molecule has 7 heteroatoms. The molecule has 1 amide bonds. The van der Waals surface area contributed by atoms with Crippen LogP contribution in [-0.4, -0.2) is 34.4 Å². The number of Topliss-reactive ketones (excluding diaryl/α,β-unsaturated/α-hetero) is 2. The third kappa shape index (κ3) is 4.72. The predicted molar refractivity (Wildman–Crippen MR) is 114 cm³/mol. The van der Waals surface area contributed by atoms with Crippen molar-refractivity contribution in [1.29, 1.82) is 0 Å². The van der Waals surface area contributed by atoms with Crippen molar-refractivity contribution in [2.75, 3.05) is 6.61 Å². The SMILES string of the molecule is CCOC(=O)NC(=S)c1c(C)cc(C)c(C2CC(=O)C(C(=O)CC)=C(O)C2)c1C. The number of benzene rings is 1. The highest BCUT2D eigenvalue weighted by Crippen LogP contribution is 2.39. The van der Waals surface area contributed by atoms with Crippen molar-refractivity contribution in [2.24, 2.45) is 0 Å². The van der Waals surface area contributed by atoms with E-state index in [2.05, 4.69) is 5.32 Å². The minimum absolute atomic E-state index is 0.0640. The fourth-order valence-corrected chi connectivity index (χ4v) is 4.49. The molecular formula is C22H27NO5S. The number of aryl methyl sites for hydroxylation is 2. The molecule has 0 spiro atoms. The van der Waals surface area contributed by atoms with Crippen LogP contribution in [0, 0.1) is 20.8 Å². The lowest BCUT2D eigenvalue weighted by Crippen LogP contribution is -2.32. The van der Waals surface area contributed by atoms with Gasteiger partial charge in [0, 0.05) is 24.8 Å². The smallest absolute Gasteiger partial charge is 0.412 e. The van der Waals surface area contributed by atoms with Crippen molar-refractivity contribution < 1.29 is 24.2 Å². The Balaban J connectivity index is 2.46. The molecule has 6 nitrogen and oxygen atoms in total. The Bertz CT molecular complexity index is 916. The van der Waals surface area contributed by atoms with Crippen LogP contribution in [0.1, 0.15) is 66.8 Å². The average Bonchev–Trinajstić information content (AvgIpc) is 2.60. The summed E-state index contributed by atoms with van der Waals surface area (Å²) in [4.78, 5) is 36.6. The number of hydrogen-bond donors (Lipinski definition) is 2. The van der Waals surface area contributed by atoms with Crippen LogP contribution in [0.4, 0.5) is 4.79 Å². The maximum atomic E-state index is 12.6. The summed E-state index contributed by atoms with van der Waals surface area (Å²) < 4.78 is 4.90. The number of aliphatic hydroxyl groups is 1. The normalized spacial score (nSPS) is 16.6. The van der Waals surface area contributed by atoms with E-state index in [1.165, 1.54) is 0 Å². The summed E-state index contributed by atoms with van der Waals surface area (Å²) in [6.45, 7) is 9.35. The van der Waals surface area contributed by atoms with Crippen molar-refractivity contribution in [1.82, 2.24) is 5.32 Å². The zero-order valence-electron chi connectivity index (χ0n) is 17.5. The number of ketones is 2. The van der Waals surface area contributed by atoms with Crippen LogP contribution < -0.4 is 5.32 Å². The van der Waals surface area contributed by atoms with Gasteiger partial charge in [-0.25, -0.2) is 4.79 Å². The standard InChI is InChI=1S/C22H27NO5S/c1-6-15(24)20-16(25)9-14(10-17(20)26)18-11(3)8-12(4)19(13(18)5)21(29)23-22(27)28-7-2/h8,14,25H,6-7,9-10H2,1-5H3,(H,23,27,29). The van der Waals surface area contributed by atoms with Crippen LogP contribution in [0.25, 0.3) is 0 Å². The van der Waals surface area contributed by atoms with Crippen LogP contribution in [0.15, 0.2) is 17.4 Å². The highest BCUT2D eigenvalue weighted by atomic mass is 32.1. The number of allylic oxidation sites excluding steroid dienone is 2. The number of hydrogen-bond acceptors (Lipinski definition) is 6. The van der Waals surface area contributed by atoms with E-state index in [1.54, 1.807) is 13.8 Å². The number of nitrogens with one attached hydrogen (secondary N) is 1. The van der Waals surface area contributed by atoms with Gasteiger partial charge in [0.2, 0.25) is 0 Å². The largest absolute Gasteiger partial charge is 0.511 e. The molecule has 0 saturated heterocycles. The van der Waals surface area contributed by atoms with Crippen LogP contribution >= 0.6 is 12.2 Å². The van der Waals surface area contributed by atoms with Crippen molar-refractivity contribution in [3.63, 3.8) is 0 Å². The fourth-order valence-electron chi connectivity index (χ4n) is 4.09. The molecule has 29 heavy (non-hydrogen) atoms. The Morgan fingerprint density at radius 2 is 1.86 bits per heavy atom. The lowest BCUT2D eigenvalue weighted by Gasteiger charge is -2.28. The molecule has 2 rings (SSSR count). The zero-order valence-corrected chi connectivity index (χ0v) is 18.3. The lowest BCUT2D eigenvalue weighted by atomic mass is 9.77. The zero-order chi connectivity index (χ0) is 21.9. The Labute approximate surface area is 176 Å². The second kappa shape index (κ2) is 9.31. The Morgan fingerprint density at radius 3 is 2.41 bits per heavy atom. The van der Waals surface area contributed by atoms with Crippen molar-refractivity contribution in [3.05, 3.63) is 45.2 Å². The minimum Gasteiger partial charge on any atom is -0.511 e. The van der Waals surface area contributed by atoms with Gasteiger partial charge in [0.05, 0.1) is 12.2 Å². The first-order valence-electron chi connectivity index (χ1n) is 9.69. The first kappa shape index (κ1) is 22.7. The number of amides is 1. The maximum Gasteiger partial charge on any atom is 0.412 e. The molecule has 0 radical (unpaired) electrons. The molecule has 1 atom stereocenters. The number of thiocarbonyl (C=S) groups is 1. The molecule has 1 unspecified atom stereocenters. The maximum absolute atomic E-state index is 12.6. The number of rotatable bonds is 5. The van der Waals surface area contributed by atoms with Gasteiger partial charge in [0.1, 0.15) is 10.7 Å². The van der Waals surface area contributed by atoms with Crippen LogP contribution in [0.2, 0.25) is 0 Å². The molecule has 1 aliphatic carbocycles. The van der Waals surface area contributed by atoms with Crippen molar-refractivity contribution in [2.45, 2.75) is 59.8 Å². The third-order valence-corrected chi connectivity index (χ3v) is 5.50. The van der Waals surface area contributed by atoms with E-state index in [1.807, 2.05) is 26.8 Å². The number of carbonyl (C=O) groups excluding carboxylic acids is 3. The molecule has 2 N–H and O–H groups in total. The molecular weight excluding hydrogens is 390 g/mol. The number of aliphatic hydroxyl groups excluding tert-OH is 1. The van der Waals surface area contributed by atoms with Crippen LogP contribution in [-0.2, 0) is 14.3 Å². The van der Waals surface area contributed by atoms with Crippen LogP contribution in [0.5, 0.6) is 0 Å². The highest BCUT2D eigenvalue weighted by Gasteiger charge is 2.33. The summed E-state index contributed by atoms with van der Waals surface area (Å²) in [6, 6.07) is 1.95. The van der Waals surface area contributed by atoms with Gasteiger partial charge in [0.25, 0.3) is 0 Å². The second-order valence-electron chi connectivity index (χ2n) is 7.23. The van der Waals surface area contributed by atoms with Gasteiger partial charge in [-0.1, -0.05) is 25.2 Å². The van der Waals surface area contributed by atoms with E-state index in [-0.39, 0.29) is 59.7 Å². The predicted octanol–water partition coefficient (Wildman–Crippen LogP) is 4.27. The summed E-state index contributed by atoms with van der Waals surface area (Å²) in [6.07, 6.45) is -0.0757. The Hall–Kier alpha value is -2.54. The monoisotopic (exact) mass is 417 g/mol. The van der Waals surface area contributed by atoms with Gasteiger partial charge in [-0.2, -0.15) is 0 Å². The van der Waals surface area contributed by atoms with Gasteiger partial charge in [-0.3, -0.25) is 14.9 Å². The van der Waals surface area contributed by atoms with Gasteiger partial charge in [-0.05, 0) is 55.9 Å². The molecule has 1 aromatic rings. The van der Waals surface area contributed by atoms with Gasteiger partial charge in [0.15, 0.2) is 11.6 Å². The molecule has 0 aromatic heterocycles. The van der Waals surface area contributed by atoms with E-state index in [9.17, 15) is 19.5 Å². The van der Waals surface area contributed by atoms with E-state index >= 15 is 0 Å². The van der Waals surface area contributed by atoms with E-state index in [0.29, 0.717) is 5.56 Å². The summed E-state index contributed by atoms with van der Waals surface area (Å²) in [5.74, 6) is -1.07. The van der Waals surface area contributed by atoms with E-state index in [0.717, 1.165) is 22.3 Å². The quantitative estimate of drug-likeness (QED) is 0.549. The number of ether oxygens (including phenoxy) is 1. The Morgan fingerprint density at radius 1 is 1.21 bits per heavy atom. The first-order valence-corrected chi connectivity index (χ1v) is 10.1. The first-order chi connectivity index (χ1) is 13.6. The van der Waals surface area contributed by atoms with E-state index < -0.39 is 6.09 Å². The van der Waals surface area contributed by atoms with Crippen molar-refractivity contribution >= 4 is 34.9 Å². The fraction of sp³-hybridized carbons (Fsp3) is 0.455. The van der Waals surface area contributed by atoms with E-state index in [4.69, 9.17) is 17.0 Å². The number of carbonyl (C=O) groups is 3. The molecule has 1 aromatic carbocycles. The molecule has 1 aliphatic rings. The van der Waals surface area contributed by atoms with Gasteiger partial charge >= 0.3 is 6.09 Å². The molecule has 0 aliphatic heterocycles. The minimum atomic E-state index is -0.616. The average molecular weight is 418 g/mol. The van der Waals surface area contributed by atoms with Crippen molar-refractivity contribution in [3.8, 4) is 0 Å². The molecule has 0 saturated carbocycles. The summed E-state index contributed by atoms with van der Waals surface area (Å²) in [7, 11) is 0. The third-order valence-electron chi connectivity index (χ3n) is 5.20. The number of alkyl carbamates (subject to hydrolysis) is 1. The topological polar surface area (TPSA) is 92.7 Å². The lowest BCUT2D eigenvalue weighted by molar-refractivity contribution is -0.122. The highest BCUT2D eigenvalue weighted by molar-refractivity contribution is 7.80. The summed E-state index contributed by atoms with van der Waals surface area (Å²) >= 11 is 5.42. The molecule has 156 valence electrons. The Kier molecular flexibility index (Phi) is 7.30. The molecule has 0 heterocycles.